The normalized spacial score (nSPS) is 12.5. The number of carbonyl (C=O) groups is 2. The molecule has 1 aromatic heterocycles. The van der Waals surface area contributed by atoms with E-state index in [-0.39, 0.29) is 24.2 Å². The molecule has 0 aliphatic heterocycles. The van der Waals surface area contributed by atoms with Gasteiger partial charge in [-0.1, -0.05) is 13.8 Å². The maximum absolute atomic E-state index is 11.7. The van der Waals surface area contributed by atoms with E-state index >= 15 is 0 Å². The number of amides is 1. The van der Waals surface area contributed by atoms with Crippen molar-refractivity contribution < 1.29 is 14.7 Å². The summed E-state index contributed by atoms with van der Waals surface area (Å²) in [4.78, 5) is 23.2. The van der Waals surface area contributed by atoms with Crippen LogP contribution in [0.2, 0.25) is 0 Å². The standard InChI is InChI=1S/C12H17NO3S/c1-7(2)10(15)5-13-12(16)11-4-9(6-17-11)8(3)14/h4,6-7,10,15H,5H2,1-3H3,(H,13,16)/t10-/m0/s1. The maximum Gasteiger partial charge on any atom is 0.261 e. The molecule has 0 aliphatic rings. The highest BCUT2D eigenvalue weighted by Gasteiger charge is 2.14. The maximum atomic E-state index is 11.7. The molecule has 0 fully saturated rings. The predicted octanol–water partition coefficient (Wildman–Crippen LogP) is 1.70. The van der Waals surface area contributed by atoms with E-state index in [1.54, 1.807) is 11.4 Å². The molecule has 1 atom stereocenters. The van der Waals surface area contributed by atoms with Gasteiger partial charge in [-0.25, -0.2) is 0 Å². The number of hydrogen-bond donors (Lipinski definition) is 2. The molecule has 94 valence electrons. The second kappa shape index (κ2) is 5.93. The van der Waals surface area contributed by atoms with Gasteiger partial charge in [-0.3, -0.25) is 9.59 Å². The van der Waals surface area contributed by atoms with Gasteiger partial charge in [-0.15, -0.1) is 11.3 Å². The van der Waals surface area contributed by atoms with Gasteiger partial charge in [0.15, 0.2) is 5.78 Å². The number of rotatable bonds is 5. The first-order chi connectivity index (χ1) is 7.91. The number of aliphatic hydroxyl groups excluding tert-OH is 1. The van der Waals surface area contributed by atoms with Crippen molar-refractivity contribution in [3.63, 3.8) is 0 Å². The summed E-state index contributed by atoms with van der Waals surface area (Å²) in [7, 11) is 0. The highest BCUT2D eigenvalue weighted by molar-refractivity contribution is 7.12. The second-order valence-corrected chi connectivity index (χ2v) is 5.19. The lowest BCUT2D eigenvalue weighted by molar-refractivity contribution is 0.0875. The number of Topliss-reactive ketones (excluding diaryl/α,β-unsaturated/α-hetero) is 1. The summed E-state index contributed by atoms with van der Waals surface area (Å²) in [5.74, 6) is -0.198. The number of hydrogen-bond acceptors (Lipinski definition) is 4. The molecular weight excluding hydrogens is 238 g/mol. The van der Waals surface area contributed by atoms with Gasteiger partial charge in [-0.05, 0) is 18.9 Å². The summed E-state index contributed by atoms with van der Waals surface area (Å²) in [6.07, 6.45) is -0.550. The van der Waals surface area contributed by atoms with Gasteiger partial charge in [0.2, 0.25) is 0 Å². The van der Waals surface area contributed by atoms with Crippen molar-refractivity contribution in [3.8, 4) is 0 Å². The summed E-state index contributed by atoms with van der Waals surface area (Å²) < 4.78 is 0. The minimum absolute atomic E-state index is 0.0532. The topological polar surface area (TPSA) is 66.4 Å². The van der Waals surface area contributed by atoms with Crippen LogP contribution < -0.4 is 5.32 Å². The highest BCUT2D eigenvalue weighted by Crippen LogP contribution is 2.15. The van der Waals surface area contributed by atoms with Crippen molar-refractivity contribution >= 4 is 23.0 Å². The quantitative estimate of drug-likeness (QED) is 0.787. The molecule has 2 N–H and O–H groups in total. The molecule has 0 aliphatic carbocycles. The van der Waals surface area contributed by atoms with Crippen LogP contribution in [0.3, 0.4) is 0 Å². The number of thiophene rings is 1. The second-order valence-electron chi connectivity index (χ2n) is 4.28. The van der Waals surface area contributed by atoms with E-state index < -0.39 is 6.10 Å². The lowest BCUT2D eigenvalue weighted by Gasteiger charge is -2.14. The van der Waals surface area contributed by atoms with Crippen LogP contribution in [0.15, 0.2) is 11.4 Å². The Morgan fingerprint density at radius 1 is 1.47 bits per heavy atom. The smallest absolute Gasteiger partial charge is 0.261 e. The summed E-state index contributed by atoms with van der Waals surface area (Å²) >= 11 is 1.23. The molecule has 0 spiro atoms. The zero-order valence-electron chi connectivity index (χ0n) is 10.2. The van der Waals surface area contributed by atoms with Crippen molar-refractivity contribution in [2.75, 3.05) is 6.54 Å². The van der Waals surface area contributed by atoms with Crippen molar-refractivity contribution in [2.24, 2.45) is 5.92 Å². The van der Waals surface area contributed by atoms with Crippen LogP contribution in [0.4, 0.5) is 0 Å². The summed E-state index contributed by atoms with van der Waals surface area (Å²) in [6, 6.07) is 1.57. The molecule has 1 rings (SSSR count). The van der Waals surface area contributed by atoms with Gasteiger partial charge in [-0.2, -0.15) is 0 Å². The molecule has 0 bridgehead atoms. The molecule has 0 saturated heterocycles. The van der Waals surface area contributed by atoms with Crippen LogP contribution in [0, 0.1) is 5.92 Å². The molecule has 5 heteroatoms. The van der Waals surface area contributed by atoms with E-state index in [0.29, 0.717) is 10.4 Å². The zero-order valence-corrected chi connectivity index (χ0v) is 11.0. The van der Waals surface area contributed by atoms with Gasteiger partial charge in [0.25, 0.3) is 5.91 Å². The van der Waals surface area contributed by atoms with Gasteiger partial charge in [0, 0.05) is 17.5 Å². The fourth-order valence-corrected chi connectivity index (χ4v) is 2.02. The Hall–Kier alpha value is -1.20. The van der Waals surface area contributed by atoms with Crippen LogP contribution in [-0.2, 0) is 0 Å². The lowest BCUT2D eigenvalue weighted by atomic mass is 10.1. The Labute approximate surface area is 105 Å². The Kier molecular flexibility index (Phi) is 4.84. The third-order valence-corrected chi connectivity index (χ3v) is 3.40. The van der Waals surface area contributed by atoms with Crippen LogP contribution in [0.5, 0.6) is 0 Å². The van der Waals surface area contributed by atoms with Crippen LogP contribution in [0.25, 0.3) is 0 Å². The Balaban J connectivity index is 2.55. The number of nitrogens with one attached hydrogen (secondary N) is 1. The third kappa shape index (κ3) is 3.94. The largest absolute Gasteiger partial charge is 0.391 e. The molecule has 0 saturated carbocycles. The van der Waals surface area contributed by atoms with Gasteiger partial charge >= 0.3 is 0 Å². The predicted molar refractivity (Wildman–Crippen MR) is 67.5 cm³/mol. The molecule has 4 nitrogen and oxygen atoms in total. The molecule has 1 amide bonds. The van der Waals surface area contributed by atoms with Gasteiger partial charge < -0.3 is 10.4 Å². The minimum Gasteiger partial charge on any atom is -0.391 e. The van der Waals surface area contributed by atoms with E-state index in [9.17, 15) is 14.7 Å². The van der Waals surface area contributed by atoms with Crippen molar-refractivity contribution in [3.05, 3.63) is 21.9 Å². The molecule has 1 aromatic rings. The van der Waals surface area contributed by atoms with E-state index in [0.717, 1.165) is 0 Å². The third-order valence-electron chi connectivity index (χ3n) is 2.47. The molecular formula is C12H17NO3S. The SMILES string of the molecule is CC(=O)c1csc(C(=O)NC[C@H](O)C(C)C)c1. The average molecular weight is 255 g/mol. The number of ketones is 1. The fourth-order valence-electron chi connectivity index (χ4n) is 1.16. The van der Waals surface area contributed by atoms with Crippen molar-refractivity contribution in [1.82, 2.24) is 5.32 Å². The number of carbonyl (C=O) groups excluding carboxylic acids is 2. The summed E-state index contributed by atoms with van der Waals surface area (Å²) in [6.45, 7) is 5.46. The number of aliphatic hydroxyl groups is 1. The Bertz CT molecular complexity index is 412. The average Bonchev–Trinajstić information content (AvgIpc) is 2.74. The van der Waals surface area contributed by atoms with Crippen molar-refractivity contribution in [2.45, 2.75) is 26.9 Å². The first-order valence-corrected chi connectivity index (χ1v) is 6.35. The fraction of sp³-hybridized carbons (Fsp3) is 0.500. The van der Waals surface area contributed by atoms with Crippen molar-refractivity contribution in [1.29, 1.82) is 0 Å². The highest BCUT2D eigenvalue weighted by atomic mass is 32.1. The van der Waals surface area contributed by atoms with Gasteiger partial charge in [0.1, 0.15) is 0 Å². The molecule has 0 aromatic carbocycles. The van der Waals surface area contributed by atoms with Gasteiger partial charge in [0.05, 0.1) is 11.0 Å². The Morgan fingerprint density at radius 3 is 2.59 bits per heavy atom. The van der Waals surface area contributed by atoms with E-state index in [4.69, 9.17) is 0 Å². The van der Waals surface area contributed by atoms with E-state index in [1.165, 1.54) is 18.3 Å². The minimum atomic E-state index is -0.550. The van der Waals surface area contributed by atoms with E-state index in [1.807, 2.05) is 13.8 Å². The molecule has 0 unspecified atom stereocenters. The van der Waals surface area contributed by atoms with Crippen LogP contribution >= 0.6 is 11.3 Å². The zero-order chi connectivity index (χ0) is 13.0. The molecule has 0 radical (unpaired) electrons. The molecule has 1 heterocycles. The summed E-state index contributed by atoms with van der Waals surface area (Å²) in [5, 5.41) is 13.9. The first kappa shape index (κ1) is 13.9. The monoisotopic (exact) mass is 255 g/mol. The summed E-state index contributed by atoms with van der Waals surface area (Å²) in [5.41, 5.74) is 0.546. The van der Waals surface area contributed by atoms with Crippen LogP contribution in [-0.4, -0.2) is 29.4 Å². The molecule has 17 heavy (non-hydrogen) atoms. The Morgan fingerprint density at radius 2 is 2.12 bits per heavy atom. The first-order valence-electron chi connectivity index (χ1n) is 5.47. The van der Waals surface area contributed by atoms with E-state index in [2.05, 4.69) is 5.32 Å². The lowest BCUT2D eigenvalue weighted by Crippen LogP contribution is -2.34. The van der Waals surface area contributed by atoms with Crippen LogP contribution in [0.1, 0.15) is 40.8 Å².